The highest BCUT2D eigenvalue weighted by Crippen LogP contribution is 2.30. The van der Waals surface area contributed by atoms with Crippen LogP contribution >= 0.6 is 23.4 Å². The minimum atomic E-state index is -4.47. The summed E-state index contributed by atoms with van der Waals surface area (Å²) in [4.78, 5) is 25.5. The van der Waals surface area contributed by atoms with E-state index >= 15 is 0 Å². The van der Waals surface area contributed by atoms with E-state index in [1.165, 1.54) is 18.2 Å². The molecule has 0 radical (unpaired) electrons. The molecule has 0 bridgehead atoms. The number of rotatable bonds is 5. The molecule has 0 saturated heterocycles. The zero-order valence-electron chi connectivity index (χ0n) is 12.2. The molecule has 1 aromatic carbocycles. The predicted molar refractivity (Wildman–Crippen MR) is 86.7 cm³/mol. The van der Waals surface area contributed by atoms with Crippen LogP contribution in [-0.2, 0) is 11.0 Å². The Morgan fingerprint density at radius 3 is 2.56 bits per heavy atom. The van der Waals surface area contributed by atoms with Crippen LogP contribution in [0, 0.1) is 10.1 Å². The Bertz CT molecular complexity index is 800. The molecular weight excluding hydrogens is 383 g/mol. The summed E-state index contributed by atoms with van der Waals surface area (Å²) in [7, 11) is 0. The second kappa shape index (κ2) is 7.70. The highest BCUT2D eigenvalue weighted by atomic mass is 35.5. The number of aromatic nitrogens is 1. The largest absolute Gasteiger partial charge is 0.417 e. The van der Waals surface area contributed by atoms with Crippen molar-refractivity contribution in [2.45, 2.75) is 11.2 Å². The summed E-state index contributed by atoms with van der Waals surface area (Å²) in [5.74, 6) is -0.603. The molecule has 2 aromatic rings. The monoisotopic (exact) mass is 391 g/mol. The summed E-state index contributed by atoms with van der Waals surface area (Å²) in [5.41, 5.74) is -0.900. The average Bonchev–Trinajstić information content (AvgIpc) is 2.54. The molecule has 25 heavy (non-hydrogen) atoms. The summed E-state index contributed by atoms with van der Waals surface area (Å²) in [6.45, 7) is 0. The first-order valence-corrected chi connectivity index (χ1v) is 7.93. The van der Waals surface area contributed by atoms with Crippen molar-refractivity contribution in [1.82, 2.24) is 4.98 Å². The molecule has 6 nitrogen and oxygen atoms in total. The zero-order valence-corrected chi connectivity index (χ0v) is 13.8. The fraction of sp³-hybridized carbons (Fsp3) is 0.143. The van der Waals surface area contributed by atoms with Crippen molar-refractivity contribution in [1.29, 1.82) is 0 Å². The number of carbonyl (C=O) groups excluding carboxylic acids is 1. The van der Waals surface area contributed by atoms with Crippen LogP contribution in [0.4, 0.5) is 24.5 Å². The van der Waals surface area contributed by atoms with Gasteiger partial charge in [0.05, 0.1) is 32.0 Å². The van der Waals surface area contributed by atoms with E-state index in [1.807, 2.05) is 0 Å². The molecule has 132 valence electrons. The second-order valence-electron chi connectivity index (χ2n) is 4.64. The van der Waals surface area contributed by atoms with Crippen LogP contribution in [0.3, 0.4) is 0 Å². The number of carbonyl (C=O) groups is 1. The van der Waals surface area contributed by atoms with Gasteiger partial charge in [0.25, 0.3) is 5.69 Å². The number of nitro benzene ring substituents is 1. The lowest BCUT2D eigenvalue weighted by Crippen LogP contribution is -2.14. The molecule has 2 rings (SSSR count). The van der Waals surface area contributed by atoms with Crippen molar-refractivity contribution >= 4 is 40.6 Å². The number of nitro groups is 1. The highest BCUT2D eigenvalue weighted by Gasteiger charge is 2.30. The standard InChI is InChI=1S/C14H9ClF3N3O3S/c15-10-5-9(21(23)24)2-3-11(10)20-12(22)7-25-13-4-1-8(6-19-13)14(16,17)18/h1-6H,7H2,(H,20,22). The second-order valence-corrected chi connectivity index (χ2v) is 6.04. The first kappa shape index (κ1) is 19.0. The van der Waals surface area contributed by atoms with Gasteiger partial charge in [-0.25, -0.2) is 4.98 Å². The highest BCUT2D eigenvalue weighted by molar-refractivity contribution is 7.99. The van der Waals surface area contributed by atoms with Gasteiger partial charge in [-0.2, -0.15) is 13.2 Å². The van der Waals surface area contributed by atoms with Gasteiger partial charge < -0.3 is 5.32 Å². The Morgan fingerprint density at radius 2 is 2.04 bits per heavy atom. The number of hydrogen-bond donors (Lipinski definition) is 1. The quantitative estimate of drug-likeness (QED) is 0.464. The Labute approximate surface area is 148 Å². The molecule has 1 N–H and O–H groups in total. The third-order valence-corrected chi connectivity index (χ3v) is 4.11. The van der Waals surface area contributed by atoms with Gasteiger partial charge in [-0.05, 0) is 18.2 Å². The third-order valence-electron chi connectivity index (χ3n) is 2.85. The minimum Gasteiger partial charge on any atom is -0.324 e. The fourth-order valence-electron chi connectivity index (χ4n) is 1.68. The molecule has 11 heteroatoms. The molecule has 0 aliphatic heterocycles. The van der Waals surface area contributed by atoms with Crippen molar-refractivity contribution in [2.24, 2.45) is 0 Å². The van der Waals surface area contributed by atoms with Crippen molar-refractivity contribution in [3.8, 4) is 0 Å². The number of nitrogens with one attached hydrogen (secondary N) is 1. The van der Waals surface area contributed by atoms with Gasteiger partial charge >= 0.3 is 6.18 Å². The number of non-ortho nitro benzene ring substituents is 1. The Morgan fingerprint density at radius 1 is 1.32 bits per heavy atom. The van der Waals surface area contributed by atoms with E-state index in [0.717, 1.165) is 23.9 Å². The number of halogens is 4. The van der Waals surface area contributed by atoms with E-state index in [2.05, 4.69) is 10.3 Å². The number of amides is 1. The first-order chi connectivity index (χ1) is 11.7. The van der Waals surface area contributed by atoms with Crippen LogP contribution in [0.15, 0.2) is 41.6 Å². The molecule has 1 heterocycles. The van der Waals surface area contributed by atoms with Gasteiger partial charge in [-0.3, -0.25) is 14.9 Å². The van der Waals surface area contributed by atoms with Crippen LogP contribution in [0.5, 0.6) is 0 Å². The molecule has 0 aliphatic carbocycles. The lowest BCUT2D eigenvalue weighted by molar-refractivity contribution is -0.384. The molecule has 0 atom stereocenters. The van der Waals surface area contributed by atoms with E-state index in [9.17, 15) is 28.1 Å². The predicted octanol–water partition coefficient (Wildman–Crippen LogP) is 4.39. The van der Waals surface area contributed by atoms with Gasteiger partial charge in [-0.1, -0.05) is 23.4 Å². The molecular formula is C14H9ClF3N3O3S. The fourth-order valence-corrected chi connectivity index (χ4v) is 2.54. The number of anilines is 1. The maximum absolute atomic E-state index is 12.4. The van der Waals surface area contributed by atoms with E-state index in [-0.39, 0.29) is 27.2 Å². The Hall–Kier alpha value is -2.33. The van der Waals surface area contributed by atoms with Gasteiger partial charge in [0, 0.05) is 18.3 Å². The molecule has 1 aromatic heterocycles. The molecule has 1 amide bonds. The van der Waals surface area contributed by atoms with E-state index < -0.39 is 22.6 Å². The van der Waals surface area contributed by atoms with Gasteiger partial charge in [0.2, 0.25) is 5.91 Å². The summed E-state index contributed by atoms with van der Waals surface area (Å²) in [6, 6.07) is 5.62. The summed E-state index contributed by atoms with van der Waals surface area (Å²) in [6.07, 6.45) is -3.78. The molecule has 0 aliphatic rings. The lowest BCUT2D eigenvalue weighted by Gasteiger charge is -2.08. The van der Waals surface area contributed by atoms with E-state index in [0.29, 0.717) is 6.20 Å². The maximum Gasteiger partial charge on any atom is 0.417 e. The smallest absolute Gasteiger partial charge is 0.324 e. The van der Waals surface area contributed by atoms with Crippen molar-refractivity contribution in [3.63, 3.8) is 0 Å². The van der Waals surface area contributed by atoms with E-state index in [4.69, 9.17) is 11.6 Å². The van der Waals surface area contributed by atoms with Crippen molar-refractivity contribution in [3.05, 3.63) is 57.2 Å². The maximum atomic E-state index is 12.4. The van der Waals surface area contributed by atoms with Crippen LogP contribution in [-0.4, -0.2) is 21.6 Å². The lowest BCUT2D eigenvalue weighted by atomic mass is 10.3. The number of pyridine rings is 1. The van der Waals surface area contributed by atoms with Gasteiger partial charge in [0.15, 0.2) is 0 Å². The van der Waals surface area contributed by atoms with Crippen LogP contribution in [0.25, 0.3) is 0 Å². The SMILES string of the molecule is O=C(CSc1ccc(C(F)(F)F)cn1)Nc1ccc([N+](=O)[O-])cc1Cl. The van der Waals surface area contributed by atoms with Gasteiger partial charge in [0.1, 0.15) is 0 Å². The number of benzene rings is 1. The Kier molecular flexibility index (Phi) is 5.85. The summed E-state index contributed by atoms with van der Waals surface area (Å²) < 4.78 is 37.3. The molecule has 0 spiro atoms. The van der Waals surface area contributed by atoms with Crippen LogP contribution in [0.1, 0.15) is 5.56 Å². The number of alkyl halides is 3. The molecule has 0 saturated carbocycles. The molecule has 0 unspecified atom stereocenters. The van der Waals surface area contributed by atoms with Gasteiger partial charge in [-0.15, -0.1) is 0 Å². The van der Waals surface area contributed by atoms with E-state index in [1.54, 1.807) is 0 Å². The number of thioether (sulfide) groups is 1. The van der Waals surface area contributed by atoms with Crippen LogP contribution in [0.2, 0.25) is 5.02 Å². The topological polar surface area (TPSA) is 85.1 Å². The average molecular weight is 392 g/mol. The zero-order chi connectivity index (χ0) is 18.6. The Balaban J connectivity index is 1.94. The number of nitrogens with zero attached hydrogens (tertiary/aromatic N) is 2. The summed E-state index contributed by atoms with van der Waals surface area (Å²) >= 11 is 6.79. The molecule has 0 fully saturated rings. The van der Waals surface area contributed by atoms with Crippen LogP contribution < -0.4 is 5.32 Å². The minimum absolute atomic E-state index is 0.000190. The normalized spacial score (nSPS) is 11.2. The van der Waals surface area contributed by atoms with Crippen molar-refractivity contribution in [2.75, 3.05) is 11.1 Å². The number of hydrogen-bond acceptors (Lipinski definition) is 5. The summed E-state index contributed by atoms with van der Waals surface area (Å²) in [5, 5.41) is 13.3. The van der Waals surface area contributed by atoms with Crippen molar-refractivity contribution < 1.29 is 22.9 Å². The first-order valence-electron chi connectivity index (χ1n) is 6.56. The third kappa shape index (κ3) is 5.33.